The normalized spacial score (nSPS) is 17.8. The molecule has 3 aromatic rings. The van der Waals surface area contributed by atoms with Crippen molar-refractivity contribution in [1.29, 1.82) is 0 Å². The van der Waals surface area contributed by atoms with Crippen LogP contribution < -0.4 is 4.74 Å². The maximum absolute atomic E-state index is 6.18. The third-order valence-corrected chi connectivity index (χ3v) is 4.82. The van der Waals surface area contributed by atoms with E-state index in [0.717, 1.165) is 37.5 Å². The summed E-state index contributed by atoms with van der Waals surface area (Å²) in [5.41, 5.74) is 4.87. The standard InChI is InChI=1S/C22H24N2O/c1-3-18-10-7-11-19-12-20-15-24(14-17-8-5-4-6-9-17)13-16(2)25-22(20)23-21(18)19/h4-12,16H,3,13-15H2,1-2H3. The molecule has 4 rings (SSSR count). The number of hydrogen-bond donors (Lipinski definition) is 0. The van der Waals surface area contributed by atoms with Crippen LogP contribution in [0.15, 0.2) is 54.6 Å². The van der Waals surface area contributed by atoms with Gasteiger partial charge >= 0.3 is 0 Å². The first-order valence-corrected chi connectivity index (χ1v) is 9.07. The lowest BCUT2D eigenvalue weighted by Crippen LogP contribution is -2.30. The fourth-order valence-corrected chi connectivity index (χ4v) is 3.65. The van der Waals surface area contributed by atoms with Gasteiger partial charge in [-0.05, 0) is 30.5 Å². The molecule has 1 aromatic heterocycles. The smallest absolute Gasteiger partial charge is 0.218 e. The molecule has 0 fully saturated rings. The van der Waals surface area contributed by atoms with Gasteiger partial charge in [0.05, 0.1) is 5.52 Å². The number of para-hydroxylation sites is 1. The number of fused-ring (bicyclic) bond motifs is 2. The quantitative estimate of drug-likeness (QED) is 0.702. The average Bonchev–Trinajstić information content (AvgIpc) is 2.77. The van der Waals surface area contributed by atoms with Gasteiger partial charge in [0.25, 0.3) is 0 Å². The number of aromatic nitrogens is 1. The minimum Gasteiger partial charge on any atom is -0.473 e. The van der Waals surface area contributed by atoms with Crippen LogP contribution in [-0.4, -0.2) is 22.5 Å². The first-order valence-electron chi connectivity index (χ1n) is 9.07. The lowest BCUT2D eigenvalue weighted by molar-refractivity contribution is 0.153. The molecule has 3 heteroatoms. The molecule has 1 atom stereocenters. The molecule has 0 saturated carbocycles. The maximum Gasteiger partial charge on any atom is 0.218 e. The summed E-state index contributed by atoms with van der Waals surface area (Å²) in [6.45, 7) is 7.01. The molecule has 1 aliphatic rings. The predicted molar refractivity (Wildman–Crippen MR) is 102 cm³/mol. The highest BCUT2D eigenvalue weighted by atomic mass is 16.5. The summed E-state index contributed by atoms with van der Waals surface area (Å²) < 4.78 is 6.18. The summed E-state index contributed by atoms with van der Waals surface area (Å²) in [7, 11) is 0. The highest BCUT2D eigenvalue weighted by molar-refractivity contribution is 5.83. The number of nitrogens with zero attached hydrogens (tertiary/aromatic N) is 2. The lowest BCUT2D eigenvalue weighted by Gasteiger charge is -2.21. The highest BCUT2D eigenvalue weighted by Gasteiger charge is 2.22. The second-order valence-corrected chi connectivity index (χ2v) is 6.88. The molecule has 1 unspecified atom stereocenters. The van der Waals surface area contributed by atoms with Gasteiger partial charge in [0, 0.05) is 30.6 Å². The van der Waals surface area contributed by atoms with Crippen molar-refractivity contribution >= 4 is 10.9 Å². The summed E-state index contributed by atoms with van der Waals surface area (Å²) in [5, 5.41) is 1.20. The Labute approximate surface area is 149 Å². The maximum atomic E-state index is 6.18. The third kappa shape index (κ3) is 3.38. The minimum absolute atomic E-state index is 0.128. The predicted octanol–water partition coefficient (Wildman–Crippen LogP) is 4.58. The van der Waals surface area contributed by atoms with Crippen molar-refractivity contribution in [3.05, 3.63) is 71.3 Å². The van der Waals surface area contributed by atoms with Gasteiger partial charge in [-0.25, -0.2) is 4.98 Å². The van der Waals surface area contributed by atoms with Crippen molar-refractivity contribution in [2.75, 3.05) is 6.54 Å². The number of aryl methyl sites for hydroxylation is 1. The zero-order valence-corrected chi connectivity index (χ0v) is 14.9. The van der Waals surface area contributed by atoms with Crippen LogP contribution in [0.4, 0.5) is 0 Å². The van der Waals surface area contributed by atoms with E-state index in [2.05, 4.69) is 73.3 Å². The monoisotopic (exact) mass is 332 g/mol. The van der Waals surface area contributed by atoms with Gasteiger partial charge in [-0.1, -0.05) is 55.5 Å². The van der Waals surface area contributed by atoms with Crippen LogP contribution in [0.1, 0.15) is 30.5 Å². The average molecular weight is 332 g/mol. The molecule has 1 aliphatic heterocycles. The molecule has 0 amide bonds. The van der Waals surface area contributed by atoms with E-state index in [1.165, 1.54) is 22.1 Å². The van der Waals surface area contributed by atoms with Crippen molar-refractivity contribution in [2.45, 2.75) is 39.5 Å². The van der Waals surface area contributed by atoms with Crippen molar-refractivity contribution in [3.63, 3.8) is 0 Å². The molecule has 25 heavy (non-hydrogen) atoms. The first kappa shape index (κ1) is 16.1. The van der Waals surface area contributed by atoms with Gasteiger partial charge in [-0.15, -0.1) is 0 Å². The Balaban J connectivity index is 1.70. The second-order valence-electron chi connectivity index (χ2n) is 6.88. The van der Waals surface area contributed by atoms with Gasteiger partial charge in [0.2, 0.25) is 5.88 Å². The number of hydrogen-bond acceptors (Lipinski definition) is 3. The van der Waals surface area contributed by atoms with Crippen LogP contribution in [-0.2, 0) is 19.5 Å². The zero-order valence-electron chi connectivity index (χ0n) is 14.9. The molecule has 0 N–H and O–H groups in total. The second kappa shape index (κ2) is 6.85. The Morgan fingerprint density at radius 1 is 1.12 bits per heavy atom. The summed E-state index contributed by atoms with van der Waals surface area (Å²) in [4.78, 5) is 7.34. The molecule has 0 bridgehead atoms. The van der Waals surface area contributed by atoms with Gasteiger partial charge in [-0.3, -0.25) is 4.90 Å². The molecule has 0 aliphatic carbocycles. The van der Waals surface area contributed by atoms with E-state index >= 15 is 0 Å². The molecule has 0 radical (unpaired) electrons. The Morgan fingerprint density at radius 2 is 1.96 bits per heavy atom. The van der Waals surface area contributed by atoms with Crippen molar-refractivity contribution < 1.29 is 4.74 Å². The van der Waals surface area contributed by atoms with Gasteiger partial charge in [0.15, 0.2) is 0 Å². The van der Waals surface area contributed by atoms with Gasteiger partial charge in [0.1, 0.15) is 6.10 Å². The van der Waals surface area contributed by atoms with Gasteiger partial charge in [-0.2, -0.15) is 0 Å². The molecular weight excluding hydrogens is 308 g/mol. The lowest BCUT2D eigenvalue weighted by atomic mass is 10.1. The topological polar surface area (TPSA) is 25.4 Å². The summed E-state index contributed by atoms with van der Waals surface area (Å²) in [6, 6.07) is 19.3. The van der Waals surface area contributed by atoms with Crippen LogP contribution in [0.25, 0.3) is 10.9 Å². The number of pyridine rings is 1. The molecular formula is C22H24N2O. The van der Waals surface area contributed by atoms with Crippen LogP contribution in [0.2, 0.25) is 0 Å². The molecule has 0 spiro atoms. The van der Waals surface area contributed by atoms with Crippen LogP contribution in [0.3, 0.4) is 0 Å². The minimum atomic E-state index is 0.128. The van der Waals surface area contributed by atoms with Gasteiger partial charge < -0.3 is 4.74 Å². The van der Waals surface area contributed by atoms with E-state index in [4.69, 9.17) is 9.72 Å². The molecule has 128 valence electrons. The summed E-state index contributed by atoms with van der Waals surface area (Å²) in [5.74, 6) is 0.802. The van der Waals surface area contributed by atoms with E-state index in [0.29, 0.717) is 0 Å². The Bertz CT molecular complexity index is 876. The SMILES string of the molecule is CCc1cccc2cc3c(nc12)OC(C)CN(Cc1ccccc1)C3. The van der Waals surface area contributed by atoms with Crippen LogP contribution in [0, 0.1) is 0 Å². The molecule has 2 aromatic carbocycles. The highest BCUT2D eigenvalue weighted by Crippen LogP contribution is 2.29. The van der Waals surface area contributed by atoms with Crippen molar-refractivity contribution in [2.24, 2.45) is 0 Å². The molecule has 2 heterocycles. The molecule has 3 nitrogen and oxygen atoms in total. The fraction of sp³-hybridized carbons (Fsp3) is 0.318. The largest absolute Gasteiger partial charge is 0.473 e. The first-order chi connectivity index (χ1) is 12.2. The van der Waals surface area contributed by atoms with Crippen molar-refractivity contribution in [3.8, 4) is 5.88 Å². The van der Waals surface area contributed by atoms with Crippen LogP contribution >= 0.6 is 0 Å². The Hall–Kier alpha value is -2.39. The van der Waals surface area contributed by atoms with E-state index in [-0.39, 0.29) is 6.10 Å². The zero-order chi connectivity index (χ0) is 17.2. The Kier molecular flexibility index (Phi) is 4.41. The van der Waals surface area contributed by atoms with Crippen molar-refractivity contribution in [1.82, 2.24) is 9.88 Å². The Morgan fingerprint density at radius 3 is 2.76 bits per heavy atom. The number of ether oxygens (including phenoxy) is 1. The van der Waals surface area contributed by atoms with E-state index in [9.17, 15) is 0 Å². The summed E-state index contributed by atoms with van der Waals surface area (Å²) in [6.07, 6.45) is 1.11. The number of benzene rings is 2. The summed E-state index contributed by atoms with van der Waals surface area (Å²) >= 11 is 0. The van der Waals surface area contributed by atoms with E-state index < -0.39 is 0 Å². The molecule has 0 saturated heterocycles. The fourth-order valence-electron chi connectivity index (χ4n) is 3.65. The van der Waals surface area contributed by atoms with E-state index in [1.54, 1.807) is 0 Å². The number of rotatable bonds is 3. The third-order valence-electron chi connectivity index (χ3n) is 4.82. The van der Waals surface area contributed by atoms with E-state index in [1.807, 2.05) is 0 Å². The van der Waals surface area contributed by atoms with Crippen LogP contribution in [0.5, 0.6) is 5.88 Å².